The first-order chi connectivity index (χ1) is 10.9. The molecule has 1 fully saturated rings. The summed E-state index contributed by atoms with van der Waals surface area (Å²) in [5.41, 5.74) is 2.14. The number of hydrogen-bond donors (Lipinski definition) is 1. The van der Waals surface area contributed by atoms with E-state index in [-0.39, 0.29) is 10.1 Å². The Morgan fingerprint density at radius 1 is 1.26 bits per heavy atom. The minimum absolute atomic E-state index is 0.106. The molecule has 0 radical (unpaired) electrons. The van der Waals surface area contributed by atoms with Gasteiger partial charge in [-0.25, -0.2) is 8.42 Å². The number of thiophene rings is 1. The van der Waals surface area contributed by atoms with Crippen molar-refractivity contribution in [2.24, 2.45) is 0 Å². The molecule has 1 amide bonds. The molecular weight excluding hydrogens is 356 g/mol. The summed E-state index contributed by atoms with van der Waals surface area (Å²) in [6, 6.07) is 8.19. The highest BCUT2D eigenvalue weighted by Gasteiger charge is 2.23. The smallest absolute Gasteiger partial charge is 0.271 e. The van der Waals surface area contributed by atoms with Crippen LogP contribution < -0.4 is 9.62 Å². The average Bonchev–Trinajstić information content (AvgIpc) is 3.08. The molecule has 122 valence electrons. The molecule has 1 aromatic carbocycles. The lowest BCUT2D eigenvalue weighted by Crippen LogP contribution is -2.24. The third-order valence-electron chi connectivity index (χ3n) is 3.63. The van der Waals surface area contributed by atoms with Crippen molar-refractivity contribution >= 4 is 50.2 Å². The van der Waals surface area contributed by atoms with Gasteiger partial charge >= 0.3 is 0 Å². The molecule has 2 aromatic rings. The van der Waals surface area contributed by atoms with Gasteiger partial charge in [0.1, 0.15) is 4.21 Å². The summed E-state index contributed by atoms with van der Waals surface area (Å²) < 4.78 is 27.7. The van der Waals surface area contributed by atoms with Gasteiger partial charge in [0.05, 0.1) is 4.34 Å². The molecule has 2 heterocycles. The zero-order chi connectivity index (χ0) is 16.6. The minimum Gasteiger partial charge on any atom is -0.312 e. The highest BCUT2D eigenvalue weighted by atomic mass is 35.5. The summed E-state index contributed by atoms with van der Waals surface area (Å²) >= 11 is 6.79. The first-order valence-electron chi connectivity index (χ1n) is 7.06. The van der Waals surface area contributed by atoms with Gasteiger partial charge in [-0.2, -0.15) is 0 Å². The average molecular weight is 371 g/mol. The third-order valence-corrected chi connectivity index (χ3v) is 6.73. The number of anilines is 2. The van der Waals surface area contributed by atoms with E-state index in [4.69, 9.17) is 11.6 Å². The first-order valence-corrected chi connectivity index (χ1v) is 9.74. The second kappa shape index (κ2) is 6.14. The van der Waals surface area contributed by atoms with E-state index in [0.717, 1.165) is 29.0 Å². The lowest BCUT2D eigenvalue weighted by Gasteiger charge is -2.19. The molecule has 23 heavy (non-hydrogen) atoms. The highest BCUT2D eigenvalue weighted by molar-refractivity contribution is 7.94. The van der Waals surface area contributed by atoms with Crippen molar-refractivity contribution in [1.29, 1.82) is 0 Å². The maximum Gasteiger partial charge on any atom is 0.271 e. The number of nitrogens with one attached hydrogen (secondary N) is 1. The van der Waals surface area contributed by atoms with E-state index in [9.17, 15) is 13.2 Å². The summed E-state index contributed by atoms with van der Waals surface area (Å²) in [7, 11) is -3.65. The van der Waals surface area contributed by atoms with Crippen LogP contribution in [0.1, 0.15) is 18.4 Å². The van der Waals surface area contributed by atoms with E-state index in [0.29, 0.717) is 23.0 Å². The number of sulfonamides is 1. The molecule has 0 spiro atoms. The Kier molecular flexibility index (Phi) is 4.35. The van der Waals surface area contributed by atoms with Crippen molar-refractivity contribution in [3.63, 3.8) is 0 Å². The number of benzene rings is 1. The SMILES string of the molecule is Cc1cc(NS(=O)(=O)c2ccc(Cl)s2)ccc1N1CCCC1=O. The first kappa shape index (κ1) is 16.3. The van der Waals surface area contributed by atoms with Crippen LogP contribution in [0.4, 0.5) is 11.4 Å². The summed E-state index contributed by atoms with van der Waals surface area (Å²) in [5, 5.41) is 0. The molecule has 1 aromatic heterocycles. The number of halogens is 1. The van der Waals surface area contributed by atoms with Crippen molar-refractivity contribution in [2.75, 3.05) is 16.2 Å². The molecule has 1 saturated heterocycles. The van der Waals surface area contributed by atoms with Crippen LogP contribution in [0.5, 0.6) is 0 Å². The van der Waals surface area contributed by atoms with Gasteiger partial charge in [0, 0.05) is 24.3 Å². The van der Waals surface area contributed by atoms with E-state index >= 15 is 0 Å². The van der Waals surface area contributed by atoms with Crippen molar-refractivity contribution in [3.8, 4) is 0 Å². The summed E-state index contributed by atoms with van der Waals surface area (Å²) in [6.07, 6.45) is 1.42. The predicted molar refractivity (Wildman–Crippen MR) is 92.9 cm³/mol. The zero-order valence-electron chi connectivity index (χ0n) is 12.4. The maximum atomic E-state index is 12.3. The molecular formula is C15H15ClN2O3S2. The van der Waals surface area contributed by atoms with Crippen LogP contribution in [0, 0.1) is 6.92 Å². The zero-order valence-corrected chi connectivity index (χ0v) is 14.8. The maximum absolute atomic E-state index is 12.3. The Bertz CT molecular complexity index is 861. The van der Waals surface area contributed by atoms with Crippen LogP contribution in [0.2, 0.25) is 4.34 Å². The van der Waals surface area contributed by atoms with E-state index in [2.05, 4.69) is 4.72 Å². The number of aryl methyl sites for hydroxylation is 1. The van der Waals surface area contributed by atoms with Gasteiger partial charge in [0.25, 0.3) is 10.0 Å². The fourth-order valence-electron chi connectivity index (χ4n) is 2.57. The second-order valence-electron chi connectivity index (χ2n) is 5.31. The molecule has 1 aliphatic heterocycles. The molecule has 0 unspecified atom stereocenters. The Balaban J connectivity index is 1.84. The number of nitrogens with zero attached hydrogens (tertiary/aromatic N) is 1. The van der Waals surface area contributed by atoms with E-state index in [1.807, 2.05) is 6.92 Å². The van der Waals surface area contributed by atoms with Crippen LogP contribution in [0.25, 0.3) is 0 Å². The Labute approximate surface area is 143 Å². The summed E-state index contributed by atoms with van der Waals surface area (Å²) in [4.78, 5) is 13.6. The number of carbonyl (C=O) groups is 1. The predicted octanol–water partition coefficient (Wildman–Crippen LogP) is 3.64. The van der Waals surface area contributed by atoms with Crippen LogP contribution in [-0.4, -0.2) is 20.9 Å². The number of rotatable bonds is 4. The monoisotopic (exact) mass is 370 g/mol. The summed E-state index contributed by atoms with van der Waals surface area (Å²) in [6.45, 7) is 2.57. The second-order valence-corrected chi connectivity index (χ2v) is 8.94. The van der Waals surface area contributed by atoms with E-state index in [1.165, 1.54) is 6.07 Å². The molecule has 5 nitrogen and oxygen atoms in total. The molecule has 1 aliphatic rings. The van der Waals surface area contributed by atoms with E-state index in [1.54, 1.807) is 29.2 Å². The third kappa shape index (κ3) is 3.36. The number of carbonyl (C=O) groups excluding carboxylic acids is 1. The van der Waals surface area contributed by atoms with Crippen molar-refractivity contribution in [3.05, 3.63) is 40.2 Å². The van der Waals surface area contributed by atoms with Gasteiger partial charge in [0.2, 0.25) is 5.91 Å². The Hall–Kier alpha value is -1.57. The standard InChI is InChI=1S/C15H15ClN2O3S2/c1-10-9-11(4-5-12(10)18-8-2-3-14(18)19)17-23(20,21)15-7-6-13(16)22-15/h4-7,9,17H,2-3,8H2,1H3. The van der Waals surface area contributed by atoms with Crippen molar-refractivity contribution < 1.29 is 13.2 Å². The van der Waals surface area contributed by atoms with Crippen LogP contribution >= 0.6 is 22.9 Å². The molecule has 0 atom stereocenters. The molecule has 0 aliphatic carbocycles. The lowest BCUT2D eigenvalue weighted by molar-refractivity contribution is -0.117. The Morgan fingerprint density at radius 3 is 2.61 bits per heavy atom. The van der Waals surface area contributed by atoms with Gasteiger partial charge in [-0.1, -0.05) is 11.6 Å². The molecule has 8 heteroatoms. The highest BCUT2D eigenvalue weighted by Crippen LogP contribution is 2.30. The number of hydrogen-bond acceptors (Lipinski definition) is 4. The van der Waals surface area contributed by atoms with Crippen LogP contribution in [0.15, 0.2) is 34.5 Å². The molecule has 0 bridgehead atoms. The summed E-state index contributed by atoms with van der Waals surface area (Å²) in [5.74, 6) is 0.106. The normalized spacial score (nSPS) is 15.2. The molecule has 1 N–H and O–H groups in total. The van der Waals surface area contributed by atoms with Crippen LogP contribution in [-0.2, 0) is 14.8 Å². The van der Waals surface area contributed by atoms with Gasteiger partial charge in [-0.05, 0) is 49.2 Å². The minimum atomic E-state index is -3.65. The topological polar surface area (TPSA) is 66.5 Å². The van der Waals surface area contributed by atoms with Crippen molar-refractivity contribution in [2.45, 2.75) is 24.0 Å². The van der Waals surface area contributed by atoms with Crippen molar-refractivity contribution in [1.82, 2.24) is 0 Å². The lowest BCUT2D eigenvalue weighted by atomic mass is 10.1. The quantitative estimate of drug-likeness (QED) is 0.893. The largest absolute Gasteiger partial charge is 0.312 e. The van der Waals surface area contributed by atoms with Gasteiger partial charge < -0.3 is 4.90 Å². The fourth-order valence-corrected chi connectivity index (χ4v) is 5.10. The molecule has 0 saturated carbocycles. The van der Waals surface area contributed by atoms with E-state index < -0.39 is 10.0 Å². The van der Waals surface area contributed by atoms with Gasteiger partial charge in [0.15, 0.2) is 0 Å². The Morgan fingerprint density at radius 2 is 2.04 bits per heavy atom. The van der Waals surface area contributed by atoms with Gasteiger partial charge in [-0.3, -0.25) is 9.52 Å². The van der Waals surface area contributed by atoms with Crippen LogP contribution in [0.3, 0.4) is 0 Å². The number of amides is 1. The molecule has 3 rings (SSSR count). The fraction of sp³-hybridized carbons (Fsp3) is 0.267. The van der Waals surface area contributed by atoms with Gasteiger partial charge in [-0.15, -0.1) is 11.3 Å².